The van der Waals surface area contributed by atoms with E-state index in [1.807, 2.05) is 30.8 Å². The van der Waals surface area contributed by atoms with Crippen LogP contribution in [-0.4, -0.2) is 22.2 Å². The van der Waals surface area contributed by atoms with Gasteiger partial charge in [-0.15, -0.1) is 0 Å². The van der Waals surface area contributed by atoms with E-state index >= 15 is 0 Å². The highest BCUT2D eigenvalue weighted by Crippen LogP contribution is 2.46. The molecule has 2 nitrogen and oxygen atoms in total. The molecule has 0 aliphatic heterocycles. The zero-order valence-corrected chi connectivity index (χ0v) is 16.0. The fourth-order valence-electron chi connectivity index (χ4n) is 3.65. The highest BCUT2D eigenvalue weighted by atomic mass is 32.2. The quantitative estimate of drug-likeness (QED) is 0.484. The van der Waals surface area contributed by atoms with Crippen molar-refractivity contribution in [3.8, 4) is 11.5 Å². The average molecular weight is 347 g/mol. The number of phenols is 2. The van der Waals surface area contributed by atoms with Crippen LogP contribution >= 0.6 is 11.8 Å². The minimum absolute atomic E-state index is 0.0155. The van der Waals surface area contributed by atoms with Crippen LogP contribution < -0.4 is 0 Å². The maximum absolute atomic E-state index is 10.6. The molecule has 132 valence electrons. The normalized spacial score (nSPS) is 20.7. The van der Waals surface area contributed by atoms with E-state index in [-0.39, 0.29) is 23.3 Å². The van der Waals surface area contributed by atoms with E-state index in [2.05, 4.69) is 25.8 Å². The lowest BCUT2D eigenvalue weighted by Crippen LogP contribution is -2.17. The molecule has 0 aromatic heterocycles. The number of benzene rings is 1. The molecule has 0 amide bonds. The molecule has 2 rings (SSSR count). The Morgan fingerprint density at radius 1 is 1.25 bits per heavy atom. The van der Waals surface area contributed by atoms with Crippen molar-refractivity contribution >= 4 is 11.8 Å². The number of unbranched alkanes of at least 4 members (excludes halogenated alkanes) is 1. The van der Waals surface area contributed by atoms with Gasteiger partial charge >= 0.3 is 0 Å². The van der Waals surface area contributed by atoms with Crippen molar-refractivity contribution < 1.29 is 10.2 Å². The smallest absolute Gasteiger partial charge is 0.123 e. The molecule has 2 unspecified atom stereocenters. The summed E-state index contributed by atoms with van der Waals surface area (Å²) in [6.07, 6.45) is 9.52. The van der Waals surface area contributed by atoms with Crippen LogP contribution in [0.1, 0.15) is 56.6 Å². The first kappa shape index (κ1) is 19.0. The second kappa shape index (κ2) is 8.66. The van der Waals surface area contributed by atoms with Crippen molar-refractivity contribution in [3.05, 3.63) is 47.1 Å². The number of phenolic OH excluding ortho intramolecular Hbond substituents is 2. The highest BCUT2D eigenvalue weighted by molar-refractivity contribution is 7.98. The maximum Gasteiger partial charge on any atom is 0.123 e. The molecule has 1 aliphatic rings. The minimum atomic E-state index is 0.0155. The summed E-state index contributed by atoms with van der Waals surface area (Å²) >= 11 is 1.85. The van der Waals surface area contributed by atoms with E-state index in [9.17, 15) is 10.2 Å². The molecule has 2 atom stereocenters. The highest BCUT2D eigenvalue weighted by Gasteiger charge is 2.30. The fourth-order valence-corrected chi connectivity index (χ4v) is 4.14. The Hall–Kier alpha value is -1.35. The van der Waals surface area contributed by atoms with Gasteiger partial charge in [-0.25, -0.2) is 0 Å². The van der Waals surface area contributed by atoms with Gasteiger partial charge in [0.1, 0.15) is 11.5 Å². The Bertz CT molecular complexity index is 595. The minimum Gasteiger partial charge on any atom is -0.507 e. The van der Waals surface area contributed by atoms with E-state index < -0.39 is 0 Å². The largest absolute Gasteiger partial charge is 0.507 e. The van der Waals surface area contributed by atoms with Gasteiger partial charge in [-0.1, -0.05) is 23.8 Å². The first-order valence-corrected chi connectivity index (χ1v) is 10.2. The number of aryl methyl sites for hydroxylation is 1. The van der Waals surface area contributed by atoms with Crippen LogP contribution in [0.15, 0.2) is 35.9 Å². The molecule has 0 saturated heterocycles. The third kappa shape index (κ3) is 4.60. The molecule has 0 fully saturated rings. The second-order valence-corrected chi connectivity index (χ2v) is 8.01. The van der Waals surface area contributed by atoms with Crippen molar-refractivity contribution in [2.24, 2.45) is 5.92 Å². The van der Waals surface area contributed by atoms with E-state index in [0.29, 0.717) is 5.56 Å². The lowest BCUT2D eigenvalue weighted by Gasteiger charge is -2.31. The molecule has 1 aliphatic carbocycles. The number of hydrogen-bond acceptors (Lipinski definition) is 3. The lowest BCUT2D eigenvalue weighted by atomic mass is 9.73. The molecular weight excluding hydrogens is 316 g/mol. The van der Waals surface area contributed by atoms with Gasteiger partial charge in [0, 0.05) is 11.5 Å². The van der Waals surface area contributed by atoms with Crippen LogP contribution in [0.5, 0.6) is 11.5 Å². The van der Waals surface area contributed by atoms with Crippen molar-refractivity contribution in [1.82, 2.24) is 0 Å². The molecular formula is C21H30O2S. The van der Waals surface area contributed by atoms with Crippen LogP contribution in [0.3, 0.4) is 0 Å². The average Bonchev–Trinajstić information content (AvgIpc) is 2.51. The number of thioether (sulfide) groups is 1. The predicted molar refractivity (Wildman–Crippen MR) is 105 cm³/mol. The van der Waals surface area contributed by atoms with Gasteiger partial charge in [-0.3, -0.25) is 0 Å². The van der Waals surface area contributed by atoms with Crippen molar-refractivity contribution in [2.45, 2.75) is 51.9 Å². The number of allylic oxidation sites excluding steroid dienone is 3. The number of hydrogen-bond donors (Lipinski definition) is 2. The molecule has 1 aromatic carbocycles. The first-order valence-electron chi connectivity index (χ1n) is 8.80. The summed E-state index contributed by atoms with van der Waals surface area (Å²) in [5.74, 6) is 1.89. The zero-order valence-electron chi connectivity index (χ0n) is 15.1. The van der Waals surface area contributed by atoms with Crippen LogP contribution in [-0.2, 0) is 6.42 Å². The van der Waals surface area contributed by atoms with E-state index in [1.165, 1.54) is 5.57 Å². The van der Waals surface area contributed by atoms with Crippen LogP contribution in [0, 0.1) is 5.92 Å². The maximum atomic E-state index is 10.6. The fraction of sp³-hybridized carbons (Fsp3) is 0.524. The van der Waals surface area contributed by atoms with Gasteiger partial charge in [0.05, 0.1) is 0 Å². The Labute approximate surface area is 150 Å². The van der Waals surface area contributed by atoms with Crippen LogP contribution in [0.4, 0.5) is 0 Å². The summed E-state index contributed by atoms with van der Waals surface area (Å²) in [5.41, 5.74) is 4.11. The molecule has 0 saturated carbocycles. The zero-order chi connectivity index (χ0) is 17.7. The van der Waals surface area contributed by atoms with E-state index in [4.69, 9.17) is 0 Å². The molecule has 0 radical (unpaired) electrons. The topological polar surface area (TPSA) is 40.5 Å². The molecule has 24 heavy (non-hydrogen) atoms. The Morgan fingerprint density at radius 2 is 1.92 bits per heavy atom. The summed E-state index contributed by atoms with van der Waals surface area (Å²) in [4.78, 5) is 0. The SMILES string of the molecule is C=C(C)C1CCC(C)=CC1c1c(O)cc(CCCCSC)cc1O. The Morgan fingerprint density at radius 3 is 2.50 bits per heavy atom. The predicted octanol–water partition coefficient (Wildman–Crippen LogP) is 5.80. The van der Waals surface area contributed by atoms with E-state index in [0.717, 1.165) is 49.0 Å². The summed E-state index contributed by atoms with van der Waals surface area (Å²) in [6, 6.07) is 3.67. The number of rotatable bonds is 7. The van der Waals surface area contributed by atoms with Gasteiger partial charge in [0.2, 0.25) is 0 Å². The first-order chi connectivity index (χ1) is 11.4. The Balaban J connectivity index is 2.26. The molecule has 0 heterocycles. The summed E-state index contributed by atoms with van der Waals surface area (Å²) in [5, 5.41) is 21.2. The Kier molecular flexibility index (Phi) is 6.85. The third-order valence-electron chi connectivity index (χ3n) is 4.97. The molecule has 2 N–H and O–H groups in total. The molecule has 3 heteroatoms. The summed E-state index contributed by atoms with van der Waals surface area (Å²) in [7, 11) is 0. The second-order valence-electron chi connectivity index (χ2n) is 7.03. The van der Waals surface area contributed by atoms with Crippen LogP contribution in [0.2, 0.25) is 0 Å². The standard InChI is InChI=1S/C21H30O2S/c1-14(2)17-9-8-15(3)11-18(17)21-19(22)12-16(13-20(21)23)7-5-6-10-24-4/h11-13,17-18,22-23H,1,5-10H2,2-4H3. The van der Waals surface area contributed by atoms with Crippen molar-refractivity contribution in [2.75, 3.05) is 12.0 Å². The number of aromatic hydroxyl groups is 2. The molecule has 1 aromatic rings. The van der Waals surface area contributed by atoms with Crippen LogP contribution in [0.25, 0.3) is 0 Å². The van der Waals surface area contributed by atoms with E-state index in [1.54, 1.807) is 0 Å². The van der Waals surface area contributed by atoms with Gasteiger partial charge in [-0.2, -0.15) is 11.8 Å². The summed E-state index contributed by atoms with van der Waals surface area (Å²) in [6.45, 7) is 8.28. The monoisotopic (exact) mass is 346 g/mol. The van der Waals surface area contributed by atoms with Gasteiger partial charge < -0.3 is 10.2 Å². The van der Waals surface area contributed by atoms with Crippen molar-refractivity contribution in [1.29, 1.82) is 0 Å². The molecule has 0 bridgehead atoms. The lowest BCUT2D eigenvalue weighted by molar-refractivity contribution is 0.406. The van der Waals surface area contributed by atoms with Gasteiger partial charge in [-0.05, 0) is 81.6 Å². The summed E-state index contributed by atoms with van der Waals surface area (Å²) < 4.78 is 0. The van der Waals surface area contributed by atoms with Gasteiger partial charge in [0.25, 0.3) is 0 Å². The van der Waals surface area contributed by atoms with Crippen molar-refractivity contribution in [3.63, 3.8) is 0 Å². The third-order valence-corrected chi connectivity index (χ3v) is 5.67. The van der Waals surface area contributed by atoms with Gasteiger partial charge in [0.15, 0.2) is 0 Å². The molecule has 0 spiro atoms.